The normalized spacial score (nSPS) is 18.5. The monoisotopic (exact) mass is 297 g/mol. The van der Waals surface area contributed by atoms with Gasteiger partial charge in [0.25, 0.3) is 0 Å². The maximum absolute atomic E-state index is 12.1. The largest absolute Gasteiger partial charge is 0.497 e. The third-order valence-corrected chi connectivity index (χ3v) is 4.26. The number of fused-ring (bicyclic) bond motifs is 1. The van der Waals surface area contributed by atoms with Gasteiger partial charge in [-0.3, -0.25) is 4.57 Å². The van der Waals surface area contributed by atoms with Crippen molar-refractivity contribution in [3.05, 3.63) is 52.4 Å². The summed E-state index contributed by atoms with van der Waals surface area (Å²) >= 11 is 0. The number of methoxy groups -OCH3 is 1. The lowest BCUT2D eigenvalue weighted by Crippen LogP contribution is -2.26. The second-order valence-electron chi connectivity index (χ2n) is 6.18. The minimum Gasteiger partial charge on any atom is -0.464 e. The predicted octanol–water partition coefficient (Wildman–Crippen LogP) is 3.33. The van der Waals surface area contributed by atoms with Gasteiger partial charge in [-0.1, -0.05) is 38.1 Å². The lowest BCUT2D eigenvalue weighted by molar-refractivity contribution is 0.0585. The molecular weight excluding hydrogens is 280 g/mol. The van der Waals surface area contributed by atoms with Gasteiger partial charge in [-0.05, 0) is 27.9 Å². The van der Waals surface area contributed by atoms with E-state index in [1.54, 1.807) is 4.57 Å². The van der Waals surface area contributed by atoms with Crippen molar-refractivity contribution in [3.63, 3.8) is 0 Å². The van der Waals surface area contributed by atoms with E-state index in [0.717, 1.165) is 12.0 Å². The molecule has 0 aliphatic heterocycles. The Morgan fingerprint density at radius 1 is 1.45 bits per heavy atom. The minimum atomic E-state index is -0.564. The van der Waals surface area contributed by atoms with E-state index in [4.69, 9.17) is 10.1 Å². The zero-order valence-electron chi connectivity index (χ0n) is 12.8. The van der Waals surface area contributed by atoms with Crippen molar-refractivity contribution in [3.8, 4) is 0 Å². The van der Waals surface area contributed by atoms with Gasteiger partial charge in [0.2, 0.25) is 12.0 Å². The molecule has 6 heteroatoms. The summed E-state index contributed by atoms with van der Waals surface area (Å²) in [7, 11) is 1.30. The SMILES string of the molecule is COC(=O)c1c([N+]#N)ncn1C1c2ccccc2CC1(C)C. The maximum atomic E-state index is 12.1. The van der Waals surface area contributed by atoms with Gasteiger partial charge in [0.05, 0.1) is 18.5 Å². The van der Waals surface area contributed by atoms with E-state index in [9.17, 15) is 4.79 Å². The summed E-state index contributed by atoms with van der Waals surface area (Å²) in [5, 5.41) is 9.09. The number of carbonyl (C=O) groups is 1. The zero-order valence-corrected chi connectivity index (χ0v) is 12.8. The van der Waals surface area contributed by atoms with Crippen LogP contribution in [0.25, 0.3) is 4.98 Å². The first kappa shape index (κ1) is 14.3. The number of diazo groups is 1. The third kappa shape index (κ3) is 1.98. The Labute approximate surface area is 128 Å². The first-order chi connectivity index (χ1) is 10.5. The predicted molar refractivity (Wildman–Crippen MR) is 80.4 cm³/mol. The van der Waals surface area contributed by atoms with Crippen molar-refractivity contribution < 1.29 is 9.53 Å². The Hall–Kier alpha value is -2.68. The Bertz CT molecular complexity index is 786. The summed E-state index contributed by atoms with van der Waals surface area (Å²) in [5.74, 6) is -0.586. The number of hydrogen-bond donors (Lipinski definition) is 0. The van der Waals surface area contributed by atoms with Gasteiger partial charge >= 0.3 is 11.8 Å². The topological polar surface area (TPSA) is 72.3 Å². The van der Waals surface area contributed by atoms with Crippen LogP contribution in [0.5, 0.6) is 0 Å². The number of hydrogen-bond acceptors (Lipinski definition) is 4. The molecule has 1 unspecified atom stereocenters. The molecular formula is C16H17N4O2+. The van der Waals surface area contributed by atoms with Crippen molar-refractivity contribution >= 4 is 11.8 Å². The number of esters is 1. The molecule has 22 heavy (non-hydrogen) atoms. The Morgan fingerprint density at radius 3 is 2.86 bits per heavy atom. The summed E-state index contributed by atoms with van der Waals surface area (Å²) in [4.78, 5) is 19.2. The molecule has 112 valence electrons. The zero-order chi connectivity index (χ0) is 15.9. The lowest BCUT2D eigenvalue weighted by atomic mass is 9.85. The smallest absolute Gasteiger partial charge is 0.464 e. The number of aromatic nitrogens is 2. The molecule has 0 saturated heterocycles. The van der Waals surface area contributed by atoms with Crippen molar-refractivity contribution in [2.45, 2.75) is 26.3 Å². The second-order valence-corrected chi connectivity index (χ2v) is 6.18. The number of carbonyl (C=O) groups excluding carboxylic acids is 1. The van der Waals surface area contributed by atoms with E-state index in [0.29, 0.717) is 0 Å². The minimum absolute atomic E-state index is 0.0213. The lowest BCUT2D eigenvalue weighted by Gasteiger charge is -2.28. The molecule has 1 aliphatic rings. The molecule has 1 atom stereocenters. The van der Waals surface area contributed by atoms with Gasteiger partial charge in [-0.25, -0.2) is 4.79 Å². The van der Waals surface area contributed by atoms with Gasteiger partial charge in [0, 0.05) is 4.98 Å². The van der Waals surface area contributed by atoms with Crippen LogP contribution in [-0.2, 0) is 11.2 Å². The highest BCUT2D eigenvalue weighted by molar-refractivity contribution is 5.93. The van der Waals surface area contributed by atoms with E-state index < -0.39 is 5.97 Å². The third-order valence-electron chi connectivity index (χ3n) is 4.26. The molecule has 1 heterocycles. The molecule has 0 radical (unpaired) electrons. The summed E-state index contributed by atoms with van der Waals surface area (Å²) in [6, 6.07) is 8.09. The molecule has 2 aromatic rings. The van der Waals surface area contributed by atoms with Gasteiger partial charge in [0.1, 0.15) is 0 Å². The van der Waals surface area contributed by atoms with Crippen LogP contribution < -0.4 is 0 Å². The summed E-state index contributed by atoms with van der Waals surface area (Å²) in [5.41, 5.74) is 2.48. The molecule has 1 aromatic heterocycles. The fourth-order valence-corrected chi connectivity index (χ4v) is 3.41. The molecule has 3 rings (SSSR count). The van der Waals surface area contributed by atoms with Crippen LogP contribution in [0.3, 0.4) is 0 Å². The number of ether oxygens (including phenoxy) is 1. The Morgan fingerprint density at radius 2 is 2.18 bits per heavy atom. The van der Waals surface area contributed by atoms with Gasteiger partial charge in [0.15, 0.2) is 0 Å². The fourth-order valence-electron chi connectivity index (χ4n) is 3.41. The molecule has 0 bridgehead atoms. The van der Waals surface area contributed by atoms with Gasteiger partial charge in [-0.2, -0.15) is 0 Å². The van der Waals surface area contributed by atoms with E-state index in [2.05, 4.69) is 35.9 Å². The molecule has 0 amide bonds. The van der Waals surface area contributed by atoms with E-state index in [-0.39, 0.29) is 23.0 Å². The fraction of sp³-hybridized carbons (Fsp3) is 0.375. The number of imidazole rings is 1. The van der Waals surface area contributed by atoms with E-state index in [1.165, 1.54) is 19.0 Å². The van der Waals surface area contributed by atoms with Crippen LogP contribution in [0.4, 0.5) is 5.82 Å². The van der Waals surface area contributed by atoms with Crippen molar-refractivity contribution in [1.29, 1.82) is 5.39 Å². The first-order valence-electron chi connectivity index (χ1n) is 7.07. The number of benzene rings is 1. The average molecular weight is 297 g/mol. The highest BCUT2D eigenvalue weighted by Crippen LogP contribution is 2.48. The molecule has 0 N–H and O–H groups in total. The maximum Gasteiger partial charge on any atom is 0.497 e. The first-order valence-corrected chi connectivity index (χ1v) is 7.07. The molecule has 6 nitrogen and oxygen atoms in total. The highest BCUT2D eigenvalue weighted by atomic mass is 16.5. The molecule has 1 aromatic carbocycles. The van der Waals surface area contributed by atoms with Crippen molar-refractivity contribution in [1.82, 2.24) is 9.55 Å². The molecule has 0 saturated carbocycles. The molecule has 1 aliphatic carbocycles. The van der Waals surface area contributed by atoms with Gasteiger partial charge < -0.3 is 4.74 Å². The second kappa shape index (κ2) is 4.95. The average Bonchev–Trinajstić information content (AvgIpc) is 3.02. The van der Waals surface area contributed by atoms with Crippen LogP contribution in [0.1, 0.15) is 41.5 Å². The summed E-state index contributed by atoms with van der Waals surface area (Å²) in [6.45, 7) is 4.29. The molecule has 0 fully saturated rings. The van der Waals surface area contributed by atoms with Crippen LogP contribution in [-0.4, -0.2) is 22.6 Å². The number of nitrogens with zero attached hydrogens (tertiary/aromatic N) is 4. The quantitative estimate of drug-likeness (QED) is 0.629. The van der Waals surface area contributed by atoms with Crippen LogP contribution in [0, 0.1) is 10.8 Å². The van der Waals surface area contributed by atoms with E-state index >= 15 is 0 Å². The summed E-state index contributed by atoms with van der Waals surface area (Å²) in [6.07, 6.45) is 2.44. The van der Waals surface area contributed by atoms with Crippen LogP contribution in [0.2, 0.25) is 0 Å². The van der Waals surface area contributed by atoms with Crippen LogP contribution in [0.15, 0.2) is 30.6 Å². The number of rotatable bonds is 2. The van der Waals surface area contributed by atoms with Crippen LogP contribution >= 0.6 is 0 Å². The standard InChI is InChI=1S/C16H17N4O2/c1-16(2)8-10-6-4-5-7-11(10)13(16)20-9-18-14(19-17)12(20)15(21)22-3/h4-7,9,13H,8H2,1-3H3/q+1. The Kier molecular flexibility index (Phi) is 3.21. The van der Waals surface area contributed by atoms with Crippen molar-refractivity contribution in [2.75, 3.05) is 7.11 Å². The molecule has 0 spiro atoms. The Balaban J connectivity index is 2.22. The summed E-state index contributed by atoms with van der Waals surface area (Å²) < 4.78 is 6.58. The van der Waals surface area contributed by atoms with Gasteiger partial charge in [-0.15, -0.1) is 0 Å². The van der Waals surface area contributed by atoms with Crippen molar-refractivity contribution in [2.24, 2.45) is 5.41 Å². The van der Waals surface area contributed by atoms with E-state index in [1.807, 2.05) is 12.1 Å². The highest BCUT2D eigenvalue weighted by Gasteiger charge is 2.44.